The molecule has 4 aliphatic rings. The van der Waals surface area contributed by atoms with E-state index in [-0.39, 0.29) is 0 Å². The number of nitrogens with zero attached hydrogens (tertiary/aromatic N) is 2. The molecule has 1 aliphatic carbocycles. The molecule has 0 aromatic heterocycles. The van der Waals surface area contributed by atoms with Crippen LogP contribution < -0.4 is 5.43 Å². The van der Waals surface area contributed by atoms with Crippen molar-refractivity contribution in [1.29, 1.82) is 0 Å². The minimum Gasteiger partial charge on any atom is -0.226 e. The Hall–Kier alpha value is -0.0800. The molecule has 0 aromatic carbocycles. The molecule has 2 unspecified atom stereocenters. The predicted octanol–water partition coefficient (Wildman–Crippen LogP) is 0.620. The van der Waals surface area contributed by atoms with Gasteiger partial charge in [-0.25, -0.2) is 5.01 Å². The highest BCUT2D eigenvalue weighted by atomic mass is 15.5. The van der Waals surface area contributed by atoms with Gasteiger partial charge in [-0.1, -0.05) is 0 Å². The number of hydrogen-bond donors (Lipinski definition) is 0. The Balaban J connectivity index is 1.90. The van der Waals surface area contributed by atoms with Crippen molar-refractivity contribution in [2.24, 2.45) is 11.8 Å². The lowest BCUT2D eigenvalue weighted by Crippen LogP contribution is -2.59. The summed E-state index contributed by atoms with van der Waals surface area (Å²) in [5.41, 5.74) is 4.60. The zero-order valence-electron chi connectivity index (χ0n) is 6.16. The Bertz CT molecular complexity index is 98.8. The monoisotopic (exact) mass is 137 g/mol. The van der Waals surface area contributed by atoms with Gasteiger partial charge in [0.25, 0.3) is 0 Å². The van der Waals surface area contributed by atoms with Crippen LogP contribution in [0.25, 0.3) is 0 Å². The van der Waals surface area contributed by atoms with Gasteiger partial charge in [-0.05, 0) is 31.1 Å². The van der Waals surface area contributed by atoms with Gasteiger partial charge >= 0.3 is 0 Å². The Kier molecular flexibility index (Phi) is 0.968. The number of piperidine rings is 1. The van der Waals surface area contributed by atoms with Gasteiger partial charge in [-0.3, -0.25) is 0 Å². The fraction of sp³-hybridized carbons (Fsp3) is 1.00. The predicted molar refractivity (Wildman–Crippen MR) is 38.3 cm³/mol. The van der Waals surface area contributed by atoms with Gasteiger partial charge in [-0.2, -0.15) is 5.43 Å². The molecule has 55 valence electrons. The minimum absolute atomic E-state index is 0.728. The lowest BCUT2D eigenvalue weighted by atomic mass is 9.74. The van der Waals surface area contributed by atoms with Crippen LogP contribution >= 0.6 is 0 Å². The second-order valence-electron chi connectivity index (χ2n) is 4.08. The number of rotatable bonds is 0. The maximum Gasteiger partial charge on any atom is 0.0425 e. The molecule has 1 radical (unpaired) electrons. The number of hydrogen-bond acceptors (Lipinski definition) is 1. The molecule has 0 spiro atoms. The molecule has 0 amide bonds. The van der Waals surface area contributed by atoms with Crippen molar-refractivity contribution in [2.75, 3.05) is 13.1 Å². The van der Waals surface area contributed by atoms with Gasteiger partial charge < -0.3 is 0 Å². The highest BCUT2D eigenvalue weighted by Gasteiger charge is 2.41. The molecule has 1 saturated carbocycles. The quantitative estimate of drug-likeness (QED) is 0.478. The summed E-state index contributed by atoms with van der Waals surface area (Å²) in [6, 6.07) is 0.728. The largest absolute Gasteiger partial charge is 0.226 e. The first-order chi connectivity index (χ1) is 4.90. The summed E-state index contributed by atoms with van der Waals surface area (Å²) in [5.74, 6) is 2.02. The fourth-order valence-electron chi connectivity index (χ4n) is 2.92. The molecule has 3 heterocycles. The highest BCUT2D eigenvalue weighted by molar-refractivity contribution is 4.93. The standard InChI is InChI=1S/C8H13N2/c1-6-2-8-3-7(1)5-10(4-6)9-8/h6-8H,1-5H2. The van der Waals surface area contributed by atoms with Crippen molar-refractivity contribution in [3.05, 3.63) is 0 Å². The van der Waals surface area contributed by atoms with Crippen LogP contribution in [0.4, 0.5) is 0 Å². The van der Waals surface area contributed by atoms with Crippen molar-refractivity contribution >= 4 is 0 Å². The van der Waals surface area contributed by atoms with Gasteiger partial charge in [-0.15, -0.1) is 0 Å². The Morgan fingerprint density at radius 1 is 1.00 bits per heavy atom. The van der Waals surface area contributed by atoms with Gasteiger partial charge in [0.2, 0.25) is 0 Å². The van der Waals surface area contributed by atoms with E-state index in [1.807, 2.05) is 0 Å². The van der Waals surface area contributed by atoms with E-state index in [0.29, 0.717) is 0 Å². The van der Waals surface area contributed by atoms with Crippen LogP contribution in [-0.2, 0) is 0 Å². The summed E-state index contributed by atoms with van der Waals surface area (Å²) in [4.78, 5) is 0. The van der Waals surface area contributed by atoms with Crippen molar-refractivity contribution in [2.45, 2.75) is 25.3 Å². The van der Waals surface area contributed by atoms with E-state index in [0.717, 1.165) is 17.9 Å². The molecule has 3 aliphatic heterocycles. The first kappa shape index (κ1) is 5.56. The molecule has 3 saturated heterocycles. The highest BCUT2D eigenvalue weighted by Crippen LogP contribution is 2.38. The fourth-order valence-corrected chi connectivity index (χ4v) is 2.92. The SMILES string of the molecule is C1C2CC3CC1CN(C2)[N]3. The molecule has 0 aromatic rings. The summed E-state index contributed by atoms with van der Waals surface area (Å²) < 4.78 is 0. The molecule has 2 heteroatoms. The molecule has 2 nitrogen and oxygen atoms in total. The third-order valence-electron chi connectivity index (χ3n) is 3.14. The topological polar surface area (TPSA) is 17.3 Å². The third-order valence-corrected chi connectivity index (χ3v) is 3.14. The second kappa shape index (κ2) is 1.74. The molecule has 0 N–H and O–H groups in total. The van der Waals surface area contributed by atoms with Crippen molar-refractivity contribution in [3.63, 3.8) is 0 Å². The zero-order chi connectivity index (χ0) is 6.55. The van der Waals surface area contributed by atoms with Crippen LogP contribution in [0.15, 0.2) is 0 Å². The summed E-state index contributed by atoms with van der Waals surface area (Å²) >= 11 is 0. The van der Waals surface area contributed by atoms with Crippen molar-refractivity contribution < 1.29 is 0 Å². The molecule has 10 heavy (non-hydrogen) atoms. The summed E-state index contributed by atoms with van der Waals surface area (Å²) in [7, 11) is 0. The van der Waals surface area contributed by atoms with E-state index in [2.05, 4.69) is 10.4 Å². The van der Waals surface area contributed by atoms with Crippen LogP contribution in [0.3, 0.4) is 0 Å². The molecule has 4 rings (SSSR count). The summed E-state index contributed by atoms with van der Waals surface area (Å²) in [6.07, 6.45) is 4.29. The van der Waals surface area contributed by atoms with Crippen LogP contribution in [0, 0.1) is 11.8 Å². The summed E-state index contributed by atoms with van der Waals surface area (Å²) in [6.45, 7) is 2.54. The summed E-state index contributed by atoms with van der Waals surface area (Å²) in [5, 5.41) is 2.32. The Morgan fingerprint density at radius 2 is 1.70 bits per heavy atom. The maximum absolute atomic E-state index is 4.60. The smallest absolute Gasteiger partial charge is 0.0425 e. The first-order valence-corrected chi connectivity index (χ1v) is 4.36. The van der Waals surface area contributed by atoms with E-state index < -0.39 is 0 Å². The molecule has 2 atom stereocenters. The van der Waals surface area contributed by atoms with Crippen LogP contribution in [0.2, 0.25) is 0 Å². The van der Waals surface area contributed by atoms with Crippen molar-refractivity contribution in [1.82, 2.24) is 10.4 Å². The van der Waals surface area contributed by atoms with Gasteiger partial charge in [0.05, 0.1) is 0 Å². The normalized spacial score (nSPS) is 57.6. The second-order valence-corrected chi connectivity index (χ2v) is 4.08. The van der Waals surface area contributed by atoms with E-state index in [4.69, 9.17) is 0 Å². The molecular weight excluding hydrogens is 124 g/mol. The molecule has 4 bridgehead atoms. The lowest BCUT2D eigenvalue weighted by molar-refractivity contribution is -0.0520. The minimum atomic E-state index is 0.728. The van der Waals surface area contributed by atoms with Crippen LogP contribution in [-0.4, -0.2) is 24.1 Å². The average molecular weight is 137 g/mol. The van der Waals surface area contributed by atoms with Crippen LogP contribution in [0.5, 0.6) is 0 Å². The van der Waals surface area contributed by atoms with Gasteiger partial charge in [0, 0.05) is 19.1 Å². The van der Waals surface area contributed by atoms with E-state index in [1.54, 1.807) is 0 Å². The molecule has 4 fully saturated rings. The zero-order valence-corrected chi connectivity index (χ0v) is 6.16. The van der Waals surface area contributed by atoms with Crippen LogP contribution in [0.1, 0.15) is 19.3 Å². The first-order valence-electron chi connectivity index (χ1n) is 4.36. The van der Waals surface area contributed by atoms with Gasteiger partial charge in [0.15, 0.2) is 0 Å². The maximum atomic E-state index is 4.60. The van der Waals surface area contributed by atoms with Gasteiger partial charge in [0.1, 0.15) is 0 Å². The third kappa shape index (κ3) is 0.663. The van der Waals surface area contributed by atoms with E-state index >= 15 is 0 Å². The Labute approximate surface area is 61.6 Å². The van der Waals surface area contributed by atoms with E-state index in [9.17, 15) is 0 Å². The average Bonchev–Trinajstić information content (AvgIpc) is 1.82. The van der Waals surface area contributed by atoms with E-state index in [1.165, 1.54) is 32.4 Å². The van der Waals surface area contributed by atoms with Crippen molar-refractivity contribution in [3.8, 4) is 0 Å². The molecular formula is C8H13N2. The lowest BCUT2D eigenvalue weighted by Gasteiger charge is -2.50. The Morgan fingerprint density at radius 3 is 2.20 bits per heavy atom.